The van der Waals surface area contributed by atoms with Gasteiger partial charge < -0.3 is 25.0 Å². The molecule has 1 saturated heterocycles. The monoisotopic (exact) mass is 527 g/mol. The van der Waals surface area contributed by atoms with Gasteiger partial charge in [0.2, 0.25) is 5.91 Å². The van der Waals surface area contributed by atoms with Gasteiger partial charge in [-0.3, -0.25) is 9.59 Å². The standard InChI is InChI=1S/C29H38FN3O5/c1-21(2)20-38-26-12-8-22(9-13-26)18-31-29(37)33(19-23-6-10-24(30)11-7-23)25-14-16-32(17-15-25)27(34)4-3-5-28(35)36/h6-13,21,25H,3-5,14-20H2,1-2H3,(H,31,37)(H,35,36). The van der Waals surface area contributed by atoms with E-state index in [1.54, 1.807) is 21.9 Å². The lowest BCUT2D eigenvalue weighted by molar-refractivity contribution is -0.137. The summed E-state index contributed by atoms with van der Waals surface area (Å²) in [5.74, 6) is -0.0753. The fourth-order valence-electron chi connectivity index (χ4n) is 4.37. The summed E-state index contributed by atoms with van der Waals surface area (Å²) in [4.78, 5) is 40.0. The molecular weight excluding hydrogens is 489 g/mol. The highest BCUT2D eigenvalue weighted by atomic mass is 19.1. The molecule has 0 saturated carbocycles. The fraction of sp³-hybridized carbons (Fsp3) is 0.483. The van der Waals surface area contributed by atoms with Crippen LogP contribution in [0.4, 0.5) is 9.18 Å². The minimum atomic E-state index is -0.908. The van der Waals surface area contributed by atoms with Crippen molar-refractivity contribution in [1.29, 1.82) is 0 Å². The highest BCUT2D eigenvalue weighted by molar-refractivity contribution is 5.77. The Kier molecular flexibility index (Phi) is 10.9. The molecule has 1 aliphatic rings. The molecule has 1 fully saturated rings. The number of urea groups is 1. The van der Waals surface area contributed by atoms with Crippen LogP contribution in [0.1, 0.15) is 57.1 Å². The molecule has 0 aromatic heterocycles. The maximum Gasteiger partial charge on any atom is 0.318 e. The number of nitrogens with zero attached hydrogens (tertiary/aromatic N) is 2. The molecule has 2 aromatic carbocycles. The van der Waals surface area contributed by atoms with Crippen LogP contribution in [0.5, 0.6) is 5.75 Å². The molecule has 0 atom stereocenters. The summed E-state index contributed by atoms with van der Waals surface area (Å²) in [7, 11) is 0. The fourth-order valence-corrected chi connectivity index (χ4v) is 4.37. The Morgan fingerprint density at radius 2 is 1.66 bits per heavy atom. The number of piperidine rings is 1. The summed E-state index contributed by atoms with van der Waals surface area (Å²) in [6.45, 7) is 6.50. The van der Waals surface area contributed by atoms with Gasteiger partial charge in [0.25, 0.3) is 0 Å². The van der Waals surface area contributed by atoms with E-state index in [4.69, 9.17) is 9.84 Å². The van der Waals surface area contributed by atoms with Gasteiger partial charge >= 0.3 is 12.0 Å². The van der Waals surface area contributed by atoms with Gasteiger partial charge in [-0.05, 0) is 60.6 Å². The molecule has 0 unspecified atom stereocenters. The van der Waals surface area contributed by atoms with Crippen LogP contribution < -0.4 is 10.1 Å². The number of carboxylic acid groups (broad SMARTS) is 1. The van der Waals surface area contributed by atoms with Gasteiger partial charge in [0.1, 0.15) is 11.6 Å². The number of rotatable bonds is 12. The van der Waals surface area contributed by atoms with Gasteiger partial charge in [0, 0.05) is 45.1 Å². The van der Waals surface area contributed by atoms with E-state index < -0.39 is 5.97 Å². The van der Waals surface area contributed by atoms with E-state index in [9.17, 15) is 18.8 Å². The molecule has 0 aliphatic carbocycles. The minimum Gasteiger partial charge on any atom is -0.493 e. The number of amides is 3. The molecule has 3 amide bonds. The number of hydrogen-bond donors (Lipinski definition) is 2. The second kappa shape index (κ2) is 14.4. The van der Waals surface area contributed by atoms with Crippen molar-refractivity contribution in [1.82, 2.24) is 15.1 Å². The molecule has 3 rings (SSSR count). The lowest BCUT2D eigenvalue weighted by Crippen LogP contribution is -2.51. The van der Waals surface area contributed by atoms with E-state index in [1.165, 1.54) is 12.1 Å². The van der Waals surface area contributed by atoms with Crippen LogP contribution in [-0.2, 0) is 22.7 Å². The van der Waals surface area contributed by atoms with Gasteiger partial charge in [-0.15, -0.1) is 0 Å². The van der Waals surface area contributed by atoms with Crippen LogP contribution in [0, 0.1) is 11.7 Å². The third-order valence-electron chi connectivity index (χ3n) is 6.52. The Morgan fingerprint density at radius 3 is 2.26 bits per heavy atom. The second-order valence-electron chi connectivity index (χ2n) is 10.1. The van der Waals surface area contributed by atoms with Crippen LogP contribution in [0.25, 0.3) is 0 Å². The van der Waals surface area contributed by atoms with Crippen molar-refractivity contribution in [2.75, 3.05) is 19.7 Å². The van der Waals surface area contributed by atoms with Crippen molar-refractivity contribution in [3.63, 3.8) is 0 Å². The number of hydrogen-bond acceptors (Lipinski definition) is 4. The van der Waals surface area contributed by atoms with Gasteiger partial charge in [-0.2, -0.15) is 0 Å². The molecule has 0 bridgehead atoms. The van der Waals surface area contributed by atoms with E-state index in [0.29, 0.717) is 58.0 Å². The number of carbonyl (C=O) groups is 3. The first-order valence-corrected chi connectivity index (χ1v) is 13.2. The number of carbonyl (C=O) groups excluding carboxylic acids is 2. The second-order valence-corrected chi connectivity index (χ2v) is 10.1. The predicted molar refractivity (Wildman–Crippen MR) is 142 cm³/mol. The van der Waals surface area contributed by atoms with E-state index >= 15 is 0 Å². The summed E-state index contributed by atoms with van der Waals surface area (Å²) < 4.78 is 19.2. The number of halogens is 1. The van der Waals surface area contributed by atoms with E-state index in [0.717, 1.165) is 16.9 Å². The third-order valence-corrected chi connectivity index (χ3v) is 6.52. The Labute approximate surface area is 223 Å². The van der Waals surface area contributed by atoms with Crippen molar-refractivity contribution >= 4 is 17.9 Å². The van der Waals surface area contributed by atoms with Gasteiger partial charge in [-0.1, -0.05) is 38.1 Å². The number of ether oxygens (including phenoxy) is 1. The molecular formula is C29H38FN3O5. The molecule has 38 heavy (non-hydrogen) atoms. The van der Waals surface area contributed by atoms with E-state index in [-0.39, 0.29) is 36.6 Å². The Balaban J connectivity index is 1.59. The lowest BCUT2D eigenvalue weighted by atomic mass is 10.0. The molecule has 1 heterocycles. The molecule has 0 spiro atoms. The van der Waals surface area contributed by atoms with Crippen LogP contribution in [0.15, 0.2) is 48.5 Å². The van der Waals surface area contributed by atoms with E-state index in [1.807, 2.05) is 24.3 Å². The summed E-state index contributed by atoms with van der Waals surface area (Å²) in [6, 6.07) is 13.4. The maximum absolute atomic E-state index is 13.4. The highest BCUT2D eigenvalue weighted by Crippen LogP contribution is 2.21. The van der Waals surface area contributed by atoms with Crippen molar-refractivity contribution in [3.05, 3.63) is 65.5 Å². The van der Waals surface area contributed by atoms with Crippen molar-refractivity contribution in [2.24, 2.45) is 5.92 Å². The maximum atomic E-state index is 13.4. The van der Waals surface area contributed by atoms with Crippen LogP contribution in [-0.4, -0.2) is 58.6 Å². The van der Waals surface area contributed by atoms with Crippen LogP contribution >= 0.6 is 0 Å². The highest BCUT2D eigenvalue weighted by Gasteiger charge is 2.29. The Hall–Kier alpha value is -3.62. The normalized spacial score (nSPS) is 13.8. The lowest BCUT2D eigenvalue weighted by Gasteiger charge is -2.38. The van der Waals surface area contributed by atoms with Gasteiger partial charge in [-0.25, -0.2) is 9.18 Å². The summed E-state index contributed by atoms with van der Waals surface area (Å²) in [5.41, 5.74) is 1.76. The van der Waals surface area contributed by atoms with E-state index in [2.05, 4.69) is 19.2 Å². The average Bonchev–Trinajstić information content (AvgIpc) is 2.90. The molecule has 0 radical (unpaired) electrons. The van der Waals surface area contributed by atoms with Crippen LogP contribution in [0.3, 0.4) is 0 Å². The minimum absolute atomic E-state index is 0.0263. The van der Waals surface area contributed by atoms with Crippen LogP contribution in [0.2, 0.25) is 0 Å². The van der Waals surface area contributed by atoms with Crippen molar-refractivity contribution in [3.8, 4) is 5.75 Å². The first kappa shape index (κ1) is 28.9. The molecule has 2 N–H and O–H groups in total. The molecule has 9 heteroatoms. The summed E-state index contributed by atoms with van der Waals surface area (Å²) in [5, 5.41) is 11.8. The first-order valence-electron chi connectivity index (χ1n) is 13.2. The average molecular weight is 528 g/mol. The number of benzene rings is 2. The summed E-state index contributed by atoms with van der Waals surface area (Å²) >= 11 is 0. The van der Waals surface area contributed by atoms with Crippen molar-refractivity contribution < 1.29 is 28.6 Å². The molecule has 1 aliphatic heterocycles. The smallest absolute Gasteiger partial charge is 0.318 e. The first-order chi connectivity index (χ1) is 18.2. The molecule has 206 valence electrons. The Bertz CT molecular complexity index is 1050. The zero-order chi connectivity index (χ0) is 27.5. The SMILES string of the molecule is CC(C)COc1ccc(CNC(=O)N(Cc2ccc(F)cc2)C2CCN(C(=O)CCCC(=O)O)CC2)cc1. The number of nitrogens with one attached hydrogen (secondary N) is 1. The third kappa shape index (κ3) is 9.36. The zero-order valence-corrected chi connectivity index (χ0v) is 22.2. The predicted octanol–water partition coefficient (Wildman–Crippen LogP) is 4.82. The quantitative estimate of drug-likeness (QED) is 0.412. The Morgan fingerprint density at radius 1 is 1.03 bits per heavy atom. The van der Waals surface area contributed by atoms with Gasteiger partial charge in [0.05, 0.1) is 6.61 Å². The van der Waals surface area contributed by atoms with Crippen molar-refractivity contribution in [2.45, 2.75) is 65.1 Å². The largest absolute Gasteiger partial charge is 0.493 e. The summed E-state index contributed by atoms with van der Waals surface area (Å²) in [6.07, 6.45) is 1.72. The topological polar surface area (TPSA) is 99.2 Å². The molecule has 8 nitrogen and oxygen atoms in total. The molecule has 2 aromatic rings. The number of aliphatic carboxylic acids is 1. The number of carboxylic acids is 1. The zero-order valence-electron chi connectivity index (χ0n) is 22.2. The van der Waals surface area contributed by atoms with Gasteiger partial charge in [0.15, 0.2) is 0 Å². The number of likely N-dealkylation sites (tertiary alicyclic amines) is 1.